The Kier molecular flexibility index (Phi) is 7.49. The first-order valence-corrected chi connectivity index (χ1v) is 11.8. The summed E-state index contributed by atoms with van der Waals surface area (Å²) in [7, 11) is 1.80. The van der Waals surface area contributed by atoms with Gasteiger partial charge in [0.1, 0.15) is 11.6 Å². The number of hydrogen-bond acceptors (Lipinski definition) is 5. The molecule has 4 aromatic rings. The third-order valence-corrected chi connectivity index (χ3v) is 6.19. The molecule has 0 atom stereocenters. The van der Waals surface area contributed by atoms with Gasteiger partial charge in [0.05, 0.1) is 29.2 Å². The molecule has 0 spiro atoms. The number of nitrogens with zero attached hydrogens (tertiary/aromatic N) is 3. The highest BCUT2D eigenvalue weighted by Gasteiger charge is 2.10. The van der Waals surface area contributed by atoms with Gasteiger partial charge < -0.3 is 10.1 Å². The lowest BCUT2D eigenvalue weighted by atomic mass is 10.1. The summed E-state index contributed by atoms with van der Waals surface area (Å²) in [4.78, 5) is 17.0. The van der Waals surface area contributed by atoms with E-state index in [0.717, 1.165) is 46.1 Å². The molecule has 0 radical (unpaired) electrons. The molecule has 4 rings (SSSR count). The average Bonchev–Trinajstić information content (AvgIpc) is 3.46. The largest absolute Gasteiger partial charge is 0.493 e. The molecule has 2 heterocycles. The van der Waals surface area contributed by atoms with Gasteiger partial charge in [0.25, 0.3) is 0 Å². The van der Waals surface area contributed by atoms with E-state index in [9.17, 15) is 9.18 Å². The number of rotatable bonds is 9. The molecule has 34 heavy (non-hydrogen) atoms. The van der Waals surface area contributed by atoms with Crippen LogP contribution in [0, 0.1) is 5.82 Å². The van der Waals surface area contributed by atoms with Crippen LogP contribution < -0.4 is 10.1 Å². The zero-order valence-corrected chi connectivity index (χ0v) is 19.8. The molecule has 0 aliphatic heterocycles. The summed E-state index contributed by atoms with van der Waals surface area (Å²) < 4.78 is 20.7. The second-order valence-electron chi connectivity index (χ2n) is 7.61. The Morgan fingerprint density at radius 3 is 2.65 bits per heavy atom. The summed E-state index contributed by atoms with van der Waals surface area (Å²) in [5, 5.41) is 10.3. The summed E-state index contributed by atoms with van der Waals surface area (Å²) in [6.45, 7) is 2.64. The normalized spacial score (nSPS) is 11.1. The lowest BCUT2D eigenvalue weighted by molar-refractivity contribution is -0.111. The second-order valence-corrected chi connectivity index (χ2v) is 8.55. The van der Waals surface area contributed by atoms with E-state index in [1.54, 1.807) is 59.6 Å². The van der Waals surface area contributed by atoms with Crippen LogP contribution in [0.3, 0.4) is 0 Å². The van der Waals surface area contributed by atoms with Crippen LogP contribution in [-0.4, -0.2) is 27.3 Å². The van der Waals surface area contributed by atoms with Gasteiger partial charge in [-0.2, -0.15) is 5.10 Å². The number of aromatic nitrogens is 3. The molecule has 174 valence electrons. The van der Waals surface area contributed by atoms with Crippen LogP contribution in [0.5, 0.6) is 5.75 Å². The molecule has 0 saturated carbocycles. The number of aryl methyl sites for hydroxylation is 2. The summed E-state index contributed by atoms with van der Waals surface area (Å²) in [6.07, 6.45) is 6.52. The number of benzene rings is 2. The highest BCUT2D eigenvalue weighted by molar-refractivity contribution is 7.09. The molecular weight excluding hydrogens is 451 g/mol. The molecule has 0 saturated heterocycles. The van der Waals surface area contributed by atoms with Crippen molar-refractivity contribution in [3.05, 3.63) is 88.3 Å². The molecule has 2 aromatic carbocycles. The minimum absolute atomic E-state index is 0.266. The minimum Gasteiger partial charge on any atom is -0.493 e. The maximum atomic E-state index is 13.3. The van der Waals surface area contributed by atoms with E-state index in [4.69, 9.17) is 4.74 Å². The smallest absolute Gasteiger partial charge is 0.248 e. The highest BCUT2D eigenvalue weighted by Crippen LogP contribution is 2.24. The molecular formula is C26H25FN4O2S. The third-order valence-electron chi connectivity index (χ3n) is 5.15. The maximum absolute atomic E-state index is 13.3. The first-order chi connectivity index (χ1) is 16.5. The van der Waals surface area contributed by atoms with E-state index in [0.29, 0.717) is 12.3 Å². The van der Waals surface area contributed by atoms with E-state index in [2.05, 4.69) is 27.7 Å². The molecule has 6 nitrogen and oxygen atoms in total. The standard InChI is InChI=1S/C26H25FN4O2S/c1-3-25-30-22(17-34-25)14-15-33-23-11-9-21(10-12-23)29-24(32)13-6-19-16-28-31(2)26(19)18-4-7-20(27)8-5-18/h4-13,16-17H,3,14-15H2,1-2H3,(H,29,32)/b13-6+. The van der Waals surface area contributed by atoms with Crippen molar-refractivity contribution in [3.8, 4) is 17.0 Å². The number of ether oxygens (including phenoxy) is 1. The number of thiazole rings is 1. The summed E-state index contributed by atoms with van der Waals surface area (Å²) in [5.74, 6) is 0.167. The zero-order chi connectivity index (χ0) is 23.9. The number of carbonyl (C=O) groups excluding carboxylic acids is 1. The van der Waals surface area contributed by atoms with Crippen molar-refractivity contribution in [2.24, 2.45) is 7.05 Å². The molecule has 0 unspecified atom stereocenters. The Bertz CT molecular complexity index is 1280. The van der Waals surface area contributed by atoms with Gasteiger partial charge in [0, 0.05) is 41.7 Å². The van der Waals surface area contributed by atoms with Crippen molar-refractivity contribution in [1.82, 2.24) is 14.8 Å². The summed E-state index contributed by atoms with van der Waals surface area (Å²) in [6, 6.07) is 13.4. The molecule has 0 fully saturated rings. The average molecular weight is 477 g/mol. The Balaban J connectivity index is 1.31. The van der Waals surface area contributed by atoms with Crippen LogP contribution in [0.25, 0.3) is 17.3 Å². The monoisotopic (exact) mass is 476 g/mol. The number of halogens is 1. The maximum Gasteiger partial charge on any atom is 0.248 e. The van der Waals surface area contributed by atoms with Crippen molar-refractivity contribution < 1.29 is 13.9 Å². The number of carbonyl (C=O) groups is 1. The van der Waals surface area contributed by atoms with Crippen molar-refractivity contribution in [2.75, 3.05) is 11.9 Å². The molecule has 0 aliphatic carbocycles. The van der Waals surface area contributed by atoms with E-state index in [-0.39, 0.29) is 11.7 Å². The van der Waals surface area contributed by atoms with E-state index >= 15 is 0 Å². The fourth-order valence-electron chi connectivity index (χ4n) is 3.42. The van der Waals surface area contributed by atoms with Gasteiger partial charge in [-0.15, -0.1) is 11.3 Å². The Morgan fingerprint density at radius 2 is 1.94 bits per heavy atom. The topological polar surface area (TPSA) is 69.0 Å². The minimum atomic E-state index is -0.302. The summed E-state index contributed by atoms with van der Waals surface area (Å²) in [5.41, 5.74) is 4.10. The van der Waals surface area contributed by atoms with E-state index < -0.39 is 0 Å². The fraction of sp³-hybridized carbons (Fsp3) is 0.192. The van der Waals surface area contributed by atoms with Gasteiger partial charge >= 0.3 is 0 Å². The molecule has 1 amide bonds. The number of hydrogen-bond donors (Lipinski definition) is 1. The van der Waals surface area contributed by atoms with Crippen molar-refractivity contribution in [3.63, 3.8) is 0 Å². The number of amides is 1. The van der Waals surface area contributed by atoms with Crippen LogP contribution in [0.2, 0.25) is 0 Å². The predicted octanol–water partition coefficient (Wildman–Crippen LogP) is 5.52. The van der Waals surface area contributed by atoms with Gasteiger partial charge in [0.2, 0.25) is 5.91 Å². The van der Waals surface area contributed by atoms with Crippen LogP contribution in [0.4, 0.5) is 10.1 Å². The van der Waals surface area contributed by atoms with E-state index in [1.165, 1.54) is 18.2 Å². The predicted molar refractivity (Wildman–Crippen MR) is 133 cm³/mol. The van der Waals surface area contributed by atoms with Crippen LogP contribution in [-0.2, 0) is 24.7 Å². The van der Waals surface area contributed by atoms with Gasteiger partial charge in [-0.1, -0.05) is 6.92 Å². The van der Waals surface area contributed by atoms with E-state index in [1.807, 2.05) is 12.1 Å². The van der Waals surface area contributed by atoms with Crippen LogP contribution in [0.15, 0.2) is 66.2 Å². The Hall–Kier alpha value is -3.78. The fourth-order valence-corrected chi connectivity index (χ4v) is 4.20. The molecule has 8 heteroatoms. The van der Waals surface area contributed by atoms with Crippen molar-refractivity contribution in [2.45, 2.75) is 19.8 Å². The third kappa shape index (κ3) is 5.96. The number of nitrogens with one attached hydrogen (secondary N) is 1. The van der Waals surface area contributed by atoms with Crippen molar-refractivity contribution in [1.29, 1.82) is 0 Å². The highest BCUT2D eigenvalue weighted by atomic mass is 32.1. The Labute approximate surface area is 201 Å². The first kappa shape index (κ1) is 23.4. The zero-order valence-electron chi connectivity index (χ0n) is 19.0. The second kappa shape index (κ2) is 10.9. The number of anilines is 1. The summed E-state index contributed by atoms with van der Waals surface area (Å²) >= 11 is 1.68. The van der Waals surface area contributed by atoms with Gasteiger partial charge in [-0.05, 0) is 61.0 Å². The molecule has 1 N–H and O–H groups in total. The Morgan fingerprint density at radius 1 is 1.18 bits per heavy atom. The lowest BCUT2D eigenvalue weighted by Gasteiger charge is -2.07. The molecule has 0 bridgehead atoms. The van der Waals surface area contributed by atoms with Gasteiger partial charge in [-0.25, -0.2) is 9.37 Å². The van der Waals surface area contributed by atoms with Gasteiger partial charge in [0.15, 0.2) is 0 Å². The lowest BCUT2D eigenvalue weighted by Crippen LogP contribution is -2.07. The van der Waals surface area contributed by atoms with Crippen LogP contribution >= 0.6 is 11.3 Å². The quantitative estimate of drug-likeness (QED) is 0.323. The molecule has 0 aliphatic rings. The van der Waals surface area contributed by atoms with Gasteiger partial charge in [-0.3, -0.25) is 9.48 Å². The van der Waals surface area contributed by atoms with Crippen molar-refractivity contribution >= 4 is 29.0 Å². The SMILES string of the molecule is CCc1nc(CCOc2ccc(NC(=O)/C=C/c3cnn(C)c3-c3ccc(F)cc3)cc2)cs1. The van der Waals surface area contributed by atoms with Crippen LogP contribution in [0.1, 0.15) is 23.2 Å². The molecule has 2 aromatic heterocycles. The first-order valence-electron chi connectivity index (χ1n) is 10.9.